The van der Waals surface area contributed by atoms with E-state index in [2.05, 4.69) is 32.2 Å². The van der Waals surface area contributed by atoms with Gasteiger partial charge in [0.2, 0.25) is 0 Å². The minimum atomic E-state index is 0.529. The molecule has 150 valence electrons. The van der Waals surface area contributed by atoms with Crippen LogP contribution >= 0.6 is 12.2 Å². The Labute approximate surface area is 169 Å². The molecule has 1 saturated heterocycles. The zero-order valence-electron chi connectivity index (χ0n) is 16.4. The number of nitrogens with one attached hydrogen (secondary N) is 1. The van der Waals surface area contributed by atoms with E-state index < -0.39 is 0 Å². The molecule has 5 nitrogen and oxygen atoms in total. The summed E-state index contributed by atoms with van der Waals surface area (Å²) in [6, 6.07) is 4.70. The highest BCUT2D eigenvalue weighted by atomic mass is 32.1. The molecule has 0 aromatic carbocycles. The van der Waals surface area contributed by atoms with Gasteiger partial charge in [0.05, 0.1) is 13.2 Å². The van der Waals surface area contributed by atoms with E-state index in [1.807, 2.05) is 12.4 Å². The molecule has 1 aromatic rings. The molecule has 2 heterocycles. The molecule has 1 aliphatic heterocycles. The first-order valence-corrected chi connectivity index (χ1v) is 11.0. The fourth-order valence-corrected chi connectivity index (χ4v) is 4.24. The summed E-state index contributed by atoms with van der Waals surface area (Å²) in [5.74, 6) is 0. The molecule has 0 bridgehead atoms. The number of ether oxygens (including phenoxy) is 1. The summed E-state index contributed by atoms with van der Waals surface area (Å²) in [6.07, 6.45) is 13.0. The molecule has 1 aliphatic carbocycles. The Kier molecular flexibility index (Phi) is 8.78. The van der Waals surface area contributed by atoms with Gasteiger partial charge in [0.25, 0.3) is 0 Å². The number of hydrogen-bond acceptors (Lipinski definition) is 4. The largest absolute Gasteiger partial charge is 0.379 e. The van der Waals surface area contributed by atoms with E-state index in [-0.39, 0.29) is 0 Å². The maximum atomic E-state index is 5.86. The monoisotopic (exact) mass is 390 g/mol. The van der Waals surface area contributed by atoms with Gasteiger partial charge in [0, 0.05) is 51.2 Å². The normalized spacial score (nSPS) is 19.9. The average Bonchev–Trinajstić information content (AvgIpc) is 2.68. The molecule has 0 unspecified atom stereocenters. The lowest BCUT2D eigenvalue weighted by molar-refractivity contribution is 0.0357. The van der Waals surface area contributed by atoms with E-state index in [1.165, 1.54) is 50.5 Å². The van der Waals surface area contributed by atoms with Crippen molar-refractivity contribution in [1.29, 1.82) is 0 Å². The molecule has 27 heavy (non-hydrogen) atoms. The third-order valence-electron chi connectivity index (χ3n) is 5.63. The van der Waals surface area contributed by atoms with Crippen LogP contribution < -0.4 is 5.32 Å². The molecule has 3 rings (SSSR count). The molecule has 0 spiro atoms. The van der Waals surface area contributed by atoms with E-state index in [4.69, 9.17) is 17.0 Å². The van der Waals surface area contributed by atoms with Crippen LogP contribution in [-0.4, -0.2) is 65.3 Å². The second-order valence-electron chi connectivity index (χ2n) is 7.72. The topological polar surface area (TPSA) is 40.6 Å². The van der Waals surface area contributed by atoms with Gasteiger partial charge in [-0.2, -0.15) is 0 Å². The van der Waals surface area contributed by atoms with Crippen LogP contribution in [-0.2, 0) is 11.3 Å². The van der Waals surface area contributed by atoms with Gasteiger partial charge in [-0.1, -0.05) is 32.1 Å². The lowest BCUT2D eigenvalue weighted by Crippen LogP contribution is -2.48. The van der Waals surface area contributed by atoms with Crippen LogP contribution in [0.4, 0.5) is 0 Å². The Morgan fingerprint density at radius 3 is 2.48 bits per heavy atom. The third kappa shape index (κ3) is 7.35. The zero-order valence-corrected chi connectivity index (χ0v) is 17.3. The van der Waals surface area contributed by atoms with Crippen LogP contribution in [0, 0.1) is 0 Å². The van der Waals surface area contributed by atoms with Crippen molar-refractivity contribution in [1.82, 2.24) is 20.1 Å². The predicted octanol–water partition coefficient (Wildman–Crippen LogP) is 3.20. The number of aromatic nitrogens is 1. The molecule has 1 N–H and O–H groups in total. The minimum absolute atomic E-state index is 0.529. The first-order valence-electron chi connectivity index (χ1n) is 10.6. The Hall–Kier alpha value is -1.24. The van der Waals surface area contributed by atoms with E-state index in [0.29, 0.717) is 6.04 Å². The smallest absolute Gasteiger partial charge is 0.169 e. The summed E-state index contributed by atoms with van der Waals surface area (Å²) in [4.78, 5) is 8.95. The number of morpholine rings is 1. The zero-order chi connectivity index (χ0) is 18.7. The van der Waals surface area contributed by atoms with Gasteiger partial charge in [-0.05, 0) is 42.8 Å². The standard InChI is InChI=1S/C21H34N4OS/c27-21(23-20-6-4-2-1-3-5-7-20)25(18-19-8-10-22-11-9-19)13-12-24-14-16-26-17-15-24/h8-11,20H,1-7,12-18H2,(H,23,27). The molecule has 1 saturated carbocycles. The molecule has 2 aliphatic rings. The van der Waals surface area contributed by atoms with Crippen molar-refractivity contribution in [2.75, 3.05) is 39.4 Å². The van der Waals surface area contributed by atoms with Crippen molar-refractivity contribution >= 4 is 17.3 Å². The molecular weight excluding hydrogens is 356 g/mol. The second kappa shape index (κ2) is 11.6. The van der Waals surface area contributed by atoms with Crippen LogP contribution in [0.25, 0.3) is 0 Å². The summed E-state index contributed by atoms with van der Waals surface area (Å²) in [5, 5.41) is 4.60. The highest BCUT2D eigenvalue weighted by Crippen LogP contribution is 2.17. The molecular formula is C21H34N4OS. The highest BCUT2D eigenvalue weighted by molar-refractivity contribution is 7.80. The fraction of sp³-hybridized carbons (Fsp3) is 0.714. The van der Waals surface area contributed by atoms with Crippen LogP contribution in [0.5, 0.6) is 0 Å². The van der Waals surface area contributed by atoms with Crippen LogP contribution in [0.2, 0.25) is 0 Å². The Morgan fingerprint density at radius 2 is 1.78 bits per heavy atom. The van der Waals surface area contributed by atoms with Gasteiger partial charge >= 0.3 is 0 Å². The van der Waals surface area contributed by atoms with Crippen LogP contribution in [0.15, 0.2) is 24.5 Å². The van der Waals surface area contributed by atoms with E-state index >= 15 is 0 Å². The maximum absolute atomic E-state index is 5.86. The number of hydrogen-bond donors (Lipinski definition) is 1. The van der Waals surface area contributed by atoms with Gasteiger partial charge in [0.1, 0.15) is 0 Å². The summed E-state index contributed by atoms with van der Waals surface area (Å²) in [5.41, 5.74) is 1.26. The van der Waals surface area contributed by atoms with Crippen LogP contribution in [0.3, 0.4) is 0 Å². The lowest BCUT2D eigenvalue weighted by atomic mass is 9.97. The SMILES string of the molecule is S=C(NC1CCCCCCC1)N(CCN1CCOCC1)Cc1ccncc1. The van der Waals surface area contributed by atoms with Crippen molar-refractivity contribution in [3.63, 3.8) is 0 Å². The van der Waals surface area contributed by atoms with Gasteiger partial charge < -0.3 is 15.0 Å². The predicted molar refractivity (Wildman–Crippen MR) is 114 cm³/mol. The lowest BCUT2D eigenvalue weighted by Gasteiger charge is -2.33. The Bertz CT molecular complexity index is 542. The van der Waals surface area contributed by atoms with Gasteiger partial charge in [-0.15, -0.1) is 0 Å². The highest BCUT2D eigenvalue weighted by Gasteiger charge is 2.18. The Balaban J connectivity index is 1.57. The summed E-state index contributed by atoms with van der Waals surface area (Å²) >= 11 is 5.86. The molecule has 1 aromatic heterocycles. The van der Waals surface area contributed by atoms with Gasteiger partial charge in [-0.3, -0.25) is 9.88 Å². The van der Waals surface area contributed by atoms with Crippen molar-refractivity contribution in [2.24, 2.45) is 0 Å². The quantitative estimate of drug-likeness (QED) is 0.752. The third-order valence-corrected chi connectivity index (χ3v) is 6.01. The van der Waals surface area contributed by atoms with Crippen molar-refractivity contribution < 1.29 is 4.74 Å². The summed E-state index contributed by atoms with van der Waals surface area (Å²) in [7, 11) is 0. The van der Waals surface area contributed by atoms with E-state index in [1.54, 1.807) is 0 Å². The van der Waals surface area contributed by atoms with Crippen molar-refractivity contribution in [2.45, 2.75) is 57.5 Å². The Morgan fingerprint density at radius 1 is 1.11 bits per heavy atom. The number of thiocarbonyl (C=S) groups is 1. The molecule has 2 fully saturated rings. The molecule has 0 atom stereocenters. The van der Waals surface area contributed by atoms with E-state index in [0.717, 1.165) is 51.0 Å². The van der Waals surface area contributed by atoms with Crippen molar-refractivity contribution in [3.8, 4) is 0 Å². The number of nitrogens with zero attached hydrogens (tertiary/aromatic N) is 3. The summed E-state index contributed by atoms with van der Waals surface area (Å²) in [6.45, 7) is 6.54. The van der Waals surface area contributed by atoms with E-state index in [9.17, 15) is 0 Å². The fourth-order valence-electron chi connectivity index (χ4n) is 3.91. The molecule has 0 amide bonds. The molecule has 6 heteroatoms. The van der Waals surface area contributed by atoms with Gasteiger partial charge in [-0.25, -0.2) is 0 Å². The van der Waals surface area contributed by atoms with Crippen molar-refractivity contribution in [3.05, 3.63) is 30.1 Å². The minimum Gasteiger partial charge on any atom is -0.379 e. The first-order chi connectivity index (χ1) is 13.3. The second-order valence-corrected chi connectivity index (χ2v) is 8.11. The number of pyridine rings is 1. The van der Waals surface area contributed by atoms with Gasteiger partial charge in [0.15, 0.2) is 5.11 Å². The van der Waals surface area contributed by atoms with Crippen LogP contribution in [0.1, 0.15) is 50.5 Å². The first kappa shape index (κ1) is 20.5. The maximum Gasteiger partial charge on any atom is 0.169 e. The number of rotatable bonds is 6. The molecule has 0 radical (unpaired) electrons. The summed E-state index contributed by atoms with van der Waals surface area (Å²) < 4.78 is 5.47. The average molecular weight is 391 g/mol.